The molecule has 1 heterocycles. The van der Waals surface area contributed by atoms with E-state index >= 15 is 0 Å². The van der Waals surface area contributed by atoms with E-state index in [0.717, 1.165) is 56.3 Å². The minimum atomic E-state index is 0.0614. The summed E-state index contributed by atoms with van der Waals surface area (Å²) >= 11 is 0. The average Bonchev–Trinajstić information content (AvgIpc) is 3.24. The van der Waals surface area contributed by atoms with E-state index in [1.165, 1.54) is 83.5 Å². The first-order valence-electron chi connectivity index (χ1n) is 15.7. The van der Waals surface area contributed by atoms with Gasteiger partial charge in [-0.25, -0.2) is 0 Å². The predicted molar refractivity (Wildman–Crippen MR) is 147 cm³/mol. The number of allylic oxidation sites excluding steroid dienone is 1. The van der Waals surface area contributed by atoms with Crippen LogP contribution in [-0.2, 0) is 14.2 Å². The summed E-state index contributed by atoms with van der Waals surface area (Å²) in [7, 11) is 0. The molecule has 0 aromatic heterocycles. The van der Waals surface area contributed by atoms with Gasteiger partial charge in [-0.2, -0.15) is 0 Å². The van der Waals surface area contributed by atoms with Gasteiger partial charge < -0.3 is 19.9 Å². The molecule has 0 bridgehead atoms. The lowest BCUT2D eigenvalue weighted by atomic mass is 9.47. The summed E-state index contributed by atoms with van der Waals surface area (Å²) in [5, 5.41) is 0. The minimum Gasteiger partial charge on any atom is -0.378 e. The molecule has 4 aliphatic carbocycles. The molecule has 4 fully saturated rings. The van der Waals surface area contributed by atoms with Crippen molar-refractivity contribution in [1.29, 1.82) is 0 Å². The van der Waals surface area contributed by atoms with Crippen LogP contribution in [-0.4, -0.2) is 38.3 Å². The smallest absolute Gasteiger partial charge is 0.157 e. The molecule has 5 rings (SSSR count). The predicted octanol–water partition coefficient (Wildman–Crippen LogP) is 7.40. The second-order valence-electron chi connectivity index (χ2n) is 13.7. The van der Waals surface area contributed by atoms with E-state index in [9.17, 15) is 0 Å². The van der Waals surface area contributed by atoms with Gasteiger partial charge in [0.2, 0.25) is 0 Å². The second-order valence-corrected chi connectivity index (χ2v) is 13.7. The molecule has 206 valence electrons. The molecule has 0 aromatic carbocycles. The maximum Gasteiger partial charge on any atom is 0.157 e. The van der Waals surface area contributed by atoms with Crippen molar-refractivity contribution in [3.05, 3.63) is 11.6 Å². The summed E-state index contributed by atoms with van der Waals surface area (Å²) in [5.41, 5.74) is 9.12. The van der Waals surface area contributed by atoms with Gasteiger partial charge in [-0.3, -0.25) is 0 Å². The molecule has 5 aliphatic rings. The van der Waals surface area contributed by atoms with Gasteiger partial charge in [0, 0.05) is 25.9 Å². The standard InChI is InChI=1S/C32H55NO3/c1-23(33)27-13-14-28-26-12-11-24-22-25(15-17-31(24,2)29(26)16-18-32(27,28)3)34-19-7-4-5-8-20-35-30-10-6-9-21-36-30/h11,23,25-30H,4-10,12-22,33H2,1-3H3/t23-,25-,26?,27+,28?,29?,30?,31-,32+/m0/s1. The Hall–Kier alpha value is -0.420. The van der Waals surface area contributed by atoms with Crippen LogP contribution in [0.1, 0.15) is 117 Å². The molecule has 4 nitrogen and oxygen atoms in total. The molecule has 4 heteroatoms. The van der Waals surface area contributed by atoms with Crippen molar-refractivity contribution in [3.63, 3.8) is 0 Å². The fourth-order valence-electron chi connectivity index (χ4n) is 9.54. The lowest BCUT2D eigenvalue weighted by Gasteiger charge is -2.58. The molecule has 4 unspecified atom stereocenters. The van der Waals surface area contributed by atoms with Gasteiger partial charge in [-0.15, -0.1) is 0 Å². The molecule has 1 aliphatic heterocycles. The monoisotopic (exact) mass is 501 g/mol. The first kappa shape index (κ1) is 27.2. The third-order valence-corrected chi connectivity index (χ3v) is 11.6. The van der Waals surface area contributed by atoms with E-state index in [1.807, 2.05) is 0 Å². The third kappa shape index (κ3) is 5.49. The van der Waals surface area contributed by atoms with Gasteiger partial charge >= 0.3 is 0 Å². The van der Waals surface area contributed by atoms with Gasteiger partial charge in [0.15, 0.2) is 6.29 Å². The van der Waals surface area contributed by atoms with Crippen LogP contribution >= 0.6 is 0 Å². The molecule has 3 saturated carbocycles. The number of unbranched alkanes of at least 4 members (excludes halogenated alkanes) is 3. The van der Waals surface area contributed by atoms with Crippen LogP contribution in [0, 0.1) is 34.5 Å². The zero-order valence-corrected chi connectivity index (χ0v) is 23.6. The largest absolute Gasteiger partial charge is 0.378 e. The molecule has 36 heavy (non-hydrogen) atoms. The maximum absolute atomic E-state index is 6.48. The number of hydrogen-bond acceptors (Lipinski definition) is 4. The number of ether oxygens (including phenoxy) is 3. The highest BCUT2D eigenvalue weighted by Gasteiger charge is 2.59. The van der Waals surface area contributed by atoms with Crippen molar-refractivity contribution < 1.29 is 14.2 Å². The van der Waals surface area contributed by atoms with E-state index in [-0.39, 0.29) is 6.29 Å². The first-order valence-corrected chi connectivity index (χ1v) is 15.7. The fourth-order valence-corrected chi connectivity index (χ4v) is 9.54. The highest BCUT2D eigenvalue weighted by molar-refractivity contribution is 5.25. The molecular formula is C32H55NO3. The quantitative estimate of drug-likeness (QED) is 0.250. The van der Waals surface area contributed by atoms with E-state index in [2.05, 4.69) is 26.8 Å². The summed E-state index contributed by atoms with van der Waals surface area (Å²) in [5.74, 6) is 3.37. The first-order chi connectivity index (χ1) is 17.4. The normalized spacial score (nSPS) is 43.3. The minimum absolute atomic E-state index is 0.0614. The van der Waals surface area contributed by atoms with Gasteiger partial charge in [0.05, 0.1) is 6.10 Å². The van der Waals surface area contributed by atoms with Gasteiger partial charge in [-0.1, -0.05) is 38.3 Å². The van der Waals surface area contributed by atoms with Crippen molar-refractivity contribution in [1.82, 2.24) is 0 Å². The fraction of sp³-hybridized carbons (Fsp3) is 0.938. The van der Waals surface area contributed by atoms with Crippen molar-refractivity contribution >= 4 is 0 Å². The summed E-state index contributed by atoms with van der Waals surface area (Å²) in [6, 6.07) is 0.346. The van der Waals surface area contributed by atoms with E-state index < -0.39 is 0 Å². The lowest BCUT2D eigenvalue weighted by Crippen LogP contribution is -2.51. The zero-order valence-electron chi connectivity index (χ0n) is 23.6. The Morgan fingerprint density at radius 3 is 2.50 bits per heavy atom. The summed E-state index contributed by atoms with van der Waals surface area (Å²) in [6.07, 6.45) is 22.1. The van der Waals surface area contributed by atoms with Crippen molar-refractivity contribution in [2.75, 3.05) is 19.8 Å². The van der Waals surface area contributed by atoms with E-state index in [0.29, 0.717) is 23.0 Å². The van der Waals surface area contributed by atoms with Gasteiger partial charge in [0.25, 0.3) is 0 Å². The molecule has 1 saturated heterocycles. The van der Waals surface area contributed by atoms with Gasteiger partial charge in [0.1, 0.15) is 0 Å². The van der Waals surface area contributed by atoms with Crippen LogP contribution in [0.25, 0.3) is 0 Å². The highest BCUT2D eigenvalue weighted by atomic mass is 16.7. The number of nitrogens with two attached hydrogens (primary N) is 1. The summed E-state index contributed by atoms with van der Waals surface area (Å²) in [4.78, 5) is 0. The average molecular weight is 502 g/mol. The number of fused-ring (bicyclic) bond motifs is 5. The maximum atomic E-state index is 6.48. The van der Waals surface area contributed by atoms with Crippen molar-refractivity contribution in [2.45, 2.75) is 136 Å². The molecule has 0 spiro atoms. The topological polar surface area (TPSA) is 53.7 Å². The molecule has 0 radical (unpaired) electrons. The van der Waals surface area contributed by atoms with Crippen LogP contribution in [0.5, 0.6) is 0 Å². The highest BCUT2D eigenvalue weighted by Crippen LogP contribution is 2.66. The Kier molecular flexibility index (Phi) is 8.87. The van der Waals surface area contributed by atoms with Crippen LogP contribution < -0.4 is 5.73 Å². The molecular weight excluding hydrogens is 446 g/mol. The van der Waals surface area contributed by atoms with Crippen molar-refractivity contribution in [3.8, 4) is 0 Å². The molecule has 9 atom stereocenters. The Balaban J connectivity index is 1.04. The van der Waals surface area contributed by atoms with Crippen LogP contribution in [0.2, 0.25) is 0 Å². The Morgan fingerprint density at radius 2 is 1.75 bits per heavy atom. The zero-order chi connectivity index (χ0) is 25.2. The Morgan fingerprint density at radius 1 is 0.944 bits per heavy atom. The molecule has 0 amide bonds. The molecule has 0 aromatic rings. The Labute approximate surface area is 221 Å². The van der Waals surface area contributed by atoms with E-state index in [1.54, 1.807) is 5.57 Å². The SMILES string of the molecule is C[C@H](N)[C@H]1CCC2C3CC=C4C[C@@H](OCCCCCCOC5CCCCO5)CC[C@]4(C)C3CC[C@@]21C. The number of rotatable bonds is 10. The van der Waals surface area contributed by atoms with Crippen LogP contribution in [0.15, 0.2) is 11.6 Å². The van der Waals surface area contributed by atoms with Crippen molar-refractivity contribution in [2.24, 2.45) is 40.2 Å². The molecule has 2 N–H and O–H groups in total. The van der Waals surface area contributed by atoms with E-state index in [4.69, 9.17) is 19.9 Å². The second kappa shape index (κ2) is 11.8. The summed E-state index contributed by atoms with van der Waals surface area (Å²) in [6.45, 7) is 10.1. The van der Waals surface area contributed by atoms with Gasteiger partial charge in [-0.05, 0) is 125 Å². The van der Waals surface area contributed by atoms with Crippen LogP contribution in [0.4, 0.5) is 0 Å². The third-order valence-electron chi connectivity index (χ3n) is 11.6. The number of hydrogen-bond donors (Lipinski definition) is 1. The lowest BCUT2D eigenvalue weighted by molar-refractivity contribution is -0.162. The van der Waals surface area contributed by atoms with Crippen LogP contribution in [0.3, 0.4) is 0 Å². The Bertz CT molecular complexity index is 746. The summed E-state index contributed by atoms with van der Waals surface area (Å²) < 4.78 is 17.9.